The van der Waals surface area contributed by atoms with Crippen LogP contribution in [0.3, 0.4) is 0 Å². The minimum absolute atomic E-state index is 0.0444. The van der Waals surface area contributed by atoms with Crippen molar-refractivity contribution in [1.82, 2.24) is 5.32 Å². The molecule has 0 aromatic heterocycles. The summed E-state index contributed by atoms with van der Waals surface area (Å²) in [6, 6.07) is 0.341. The highest BCUT2D eigenvalue weighted by atomic mass is 16.3. The van der Waals surface area contributed by atoms with E-state index in [1.165, 1.54) is 12.8 Å². The first-order valence-electron chi connectivity index (χ1n) is 5.84. The molecule has 4 nitrogen and oxygen atoms in total. The van der Waals surface area contributed by atoms with Gasteiger partial charge in [-0.2, -0.15) is 0 Å². The van der Waals surface area contributed by atoms with Crippen molar-refractivity contribution in [2.75, 3.05) is 19.8 Å². The van der Waals surface area contributed by atoms with Gasteiger partial charge in [-0.05, 0) is 32.2 Å². The number of aliphatic hydroxyl groups is 2. The lowest BCUT2D eigenvalue weighted by Crippen LogP contribution is -2.57. The lowest BCUT2D eigenvalue weighted by atomic mass is 9.83. The molecule has 0 saturated heterocycles. The minimum Gasteiger partial charge on any atom is -0.394 e. The zero-order chi connectivity index (χ0) is 11.3. The van der Waals surface area contributed by atoms with E-state index in [-0.39, 0.29) is 13.2 Å². The molecule has 5 N–H and O–H groups in total. The maximum Gasteiger partial charge on any atom is 0.0633 e. The molecule has 0 radical (unpaired) electrons. The summed E-state index contributed by atoms with van der Waals surface area (Å²) in [5.74, 6) is 0.483. The van der Waals surface area contributed by atoms with Crippen LogP contribution in [0.25, 0.3) is 0 Å². The van der Waals surface area contributed by atoms with Crippen molar-refractivity contribution in [1.29, 1.82) is 0 Å². The number of rotatable bonds is 5. The molecule has 1 aliphatic rings. The van der Waals surface area contributed by atoms with E-state index < -0.39 is 5.54 Å². The van der Waals surface area contributed by atoms with Crippen molar-refractivity contribution in [2.45, 2.75) is 44.2 Å². The summed E-state index contributed by atoms with van der Waals surface area (Å²) >= 11 is 0. The molecule has 0 bridgehead atoms. The highest BCUT2D eigenvalue weighted by molar-refractivity contribution is 4.90. The molecule has 0 aliphatic heterocycles. The highest BCUT2D eigenvalue weighted by Gasteiger charge is 2.31. The van der Waals surface area contributed by atoms with Crippen molar-refractivity contribution in [3.63, 3.8) is 0 Å². The van der Waals surface area contributed by atoms with E-state index in [0.717, 1.165) is 12.8 Å². The molecule has 0 aromatic carbocycles. The van der Waals surface area contributed by atoms with E-state index in [9.17, 15) is 10.2 Å². The van der Waals surface area contributed by atoms with Gasteiger partial charge in [0, 0.05) is 6.04 Å². The third-order valence-electron chi connectivity index (χ3n) is 3.44. The zero-order valence-corrected chi connectivity index (χ0v) is 9.58. The van der Waals surface area contributed by atoms with E-state index >= 15 is 0 Å². The van der Waals surface area contributed by atoms with Crippen molar-refractivity contribution < 1.29 is 10.2 Å². The second-order valence-electron chi connectivity index (χ2n) is 4.91. The van der Waals surface area contributed by atoms with Crippen molar-refractivity contribution in [3.05, 3.63) is 0 Å². The average Bonchev–Trinajstić information content (AvgIpc) is 2.29. The number of nitrogens with one attached hydrogen (secondary N) is 1. The van der Waals surface area contributed by atoms with E-state index in [2.05, 4.69) is 5.32 Å². The van der Waals surface area contributed by atoms with Gasteiger partial charge >= 0.3 is 0 Å². The number of hydrogen-bond acceptors (Lipinski definition) is 4. The third kappa shape index (κ3) is 3.41. The minimum atomic E-state index is -0.574. The van der Waals surface area contributed by atoms with Crippen LogP contribution in [-0.4, -0.2) is 41.6 Å². The lowest BCUT2D eigenvalue weighted by Gasteiger charge is -2.38. The summed E-state index contributed by atoms with van der Waals surface area (Å²) in [6.45, 7) is 2.44. The first-order valence-corrected chi connectivity index (χ1v) is 5.84. The van der Waals surface area contributed by atoms with E-state index in [0.29, 0.717) is 18.5 Å². The van der Waals surface area contributed by atoms with Gasteiger partial charge in [0.25, 0.3) is 0 Å². The number of aliphatic hydroxyl groups excluding tert-OH is 2. The van der Waals surface area contributed by atoms with Gasteiger partial charge in [-0.25, -0.2) is 0 Å². The predicted octanol–water partition coefficient (Wildman–Crippen LogP) is -0.163. The Morgan fingerprint density at radius 2 is 1.87 bits per heavy atom. The Bertz CT molecular complexity index is 183. The van der Waals surface area contributed by atoms with E-state index in [4.69, 9.17) is 5.73 Å². The Morgan fingerprint density at radius 3 is 2.40 bits per heavy atom. The maximum atomic E-state index is 9.22. The van der Waals surface area contributed by atoms with Crippen LogP contribution in [0, 0.1) is 5.92 Å². The molecule has 0 aromatic rings. The van der Waals surface area contributed by atoms with Gasteiger partial charge in [0.05, 0.1) is 18.8 Å². The largest absolute Gasteiger partial charge is 0.394 e. The van der Waals surface area contributed by atoms with Gasteiger partial charge in [0.2, 0.25) is 0 Å². The van der Waals surface area contributed by atoms with E-state index in [1.54, 1.807) is 0 Å². The standard InChI is InChI=1S/C11H24N2O2/c1-11(7-14,8-15)13-10-5-3-2-4-9(10)6-12/h9-10,13-15H,2-8,12H2,1H3. The summed E-state index contributed by atoms with van der Waals surface area (Å²) in [5.41, 5.74) is 5.16. The van der Waals surface area contributed by atoms with Crippen LogP contribution in [0.4, 0.5) is 0 Å². The first kappa shape index (κ1) is 12.9. The van der Waals surface area contributed by atoms with Gasteiger partial charge < -0.3 is 21.3 Å². The normalized spacial score (nSPS) is 28.0. The van der Waals surface area contributed by atoms with Gasteiger partial charge in [-0.3, -0.25) is 0 Å². The Labute approximate surface area is 91.9 Å². The molecule has 90 valence electrons. The van der Waals surface area contributed by atoms with E-state index in [1.807, 2.05) is 6.92 Å². The molecule has 1 rings (SSSR count). The maximum absolute atomic E-state index is 9.22. The Morgan fingerprint density at radius 1 is 1.27 bits per heavy atom. The molecule has 0 spiro atoms. The fraction of sp³-hybridized carbons (Fsp3) is 1.00. The third-order valence-corrected chi connectivity index (χ3v) is 3.44. The second-order valence-corrected chi connectivity index (χ2v) is 4.91. The van der Waals surface area contributed by atoms with Gasteiger partial charge in [-0.1, -0.05) is 12.8 Å². The average molecular weight is 216 g/mol. The van der Waals surface area contributed by atoms with Gasteiger partial charge in [-0.15, -0.1) is 0 Å². The highest BCUT2D eigenvalue weighted by Crippen LogP contribution is 2.25. The van der Waals surface area contributed by atoms with Crippen LogP contribution in [0.2, 0.25) is 0 Å². The molecular formula is C11H24N2O2. The summed E-state index contributed by atoms with van der Waals surface area (Å²) in [7, 11) is 0. The Hall–Kier alpha value is -0.160. The van der Waals surface area contributed by atoms with Crippen molar-refractivity contribution in [3.8, 4) is 0 Å². The quantitative estimate of drug-likeness (QED) is 0.515. The topological polar surface area (TPSA) is 78.5 Å². The first-order chi connectivity index (χ1) is 7.15. The molecule has 2 atom stereocenters. The van der Waals surface area contributed by atoms with Crippen LogP contribution in [-0.2, 0) is 0 Å². The molecule has 1 fully saturated rings. The van der Waals surface area contributed by atoms with Crippen LogP contribution in [0.15, 0.2) is 0 Å². The monoisotopic (exact) mass is 216 g/mol. The summed E-state index contributed by atoms with van der Waals surface area (Å²) in [4.78, 5) is 0. The molecule has 1 saturated carbocycles. The van der Waals surface area contributed by atoms with Gasteiger partial charge in [0.15, 0.2) is 0 Å². The molecule has 15 heavy (non-hydrogen) atoms. The Balaban J connectivity index is 2.53. The molecular weight excluding hydrogens is 192 g/mol. The van der Waals surface area contributed by atoms with Crippen molar-refractivity contribution in [2.24, 2.45) is 11.7 Å². The fourth-order valence-corrected chi connectivity index (χ4v) is 2.27. The fourth-order valence-electron chi connectivity index (χ4n) is 2.27. The zero-order valence-electron chi connectivity index (χ0n) is 9.58. The summed E-state index contributed by atoms with van der Waals surface area (Å²) in [5, 5.41) is 21.8. The van der Waals surface area contributed by atoms with Crippen LogP contribution in [0.5, 0.6) is 0 Å². The van der Waals surface area contributed by atoms with Crippen LogP contribution >= 0.6 is 0 Å². The number of hydrogen-bond donors (Lipinski definition) is 4. The summed E-state index contributed by atoms with van der Waals surface area (Å²) in [6.07, 6.45) is 4.70. The predicted molar refractivity (Wildman–Crippen MR) is 60.5 cm³/mol. The molecule has 4 heteroatoms. The van der Waals surface area contributed by atoms with Gasteiger partial charge in [0.1, 0.15) is 0 Å². The molecule has 1 aliphatic carbocycles. The summed E-state index contributed by atoms with van der Waals surface area (Å²) < 4.78 is 0. The SMILES string of the molecule is CC(CO)(CO)NC1CCCCC1CN. The smallest absolute Gasteiger partial charge is 0.0633 e. The van der Waals surface area contributed by atoms with Crippen LogP contribution < -0.4 is 11.1 Å². The number of nitrogens with two attached hydrogens (primary N) is 1. The molecule has 0 heterocycles. The van der Waals surface area contributed by atoms with Crippen LogP contribution in [0.1, 0.15) is 32.6 Å². The molecule has 2 unspecified atom stereocenters. The Kier molecular flexibility index (Phi) is 4.99. The lowest BCUT2D eigenvalue weighted by molar-refractivity contribution is 0.0779. The molecule has 0 amide bonds. The van der Waals surface area contributed by atoms with Crippen molar-refractivity contribution >= 4 is 0 Å². The second kappa shape index (κ2) is 5.80.